The van der Waals surface area contributed by atoms with Gasteiger partial charge in [0.25, 0.3) is 0 Å². The van der Waals surface area contributed by atoms with Gasteiger partial charge < -0.3 is 16.4 Å². The van der Waals surface area contributed by atoms with Gasteiger partial charge in [-0.05, 0) is 38.6 Å². The van der Waals surface area contributed by atoms with Crippen LogP contribution in [0.15, 0.2) is 0 Å². The second kappa shape index (κ2) is 10.8. The number of nitrogens with two attached hydrogens (primary N) is 1. The van der Waals surface area contributed by atoms with E-state index in [1.54, 1.807) is 6.92 Å². The first-order chi connectivity index (χ1) is 9.04. The molecule has 0 fully saturated rings. The molecule has 0 heterocycles. The number of nitrogens with one attached hydrogen (secondary N) is 2. The van der Waals surface area contributed by atoms with Crippen molar-refractivity contribution in [3.8, 4) is 0 Å². The number of hydrogen-bond donors (Lipinski definition) is 3. The van der Waals surface area contributed by atoms with Crippen molar-refractivity contribution in [3.05, 3.63) is 0 Å². The molecule has 2 atom stereocenters. The van der Waals surface area contributed by atoms with Crippen LogP contribution in [-0.4, -0.2) is 30.9 Å². The van der Waals surface area contributed by atoms with Gasteiger partial charge in [-0.2, -0.15) is 0 Å². The first-order valence-electron chi connectivity index (χ1n) is 7.32. The van der Waals surface area contributed by atoms with Crippen LogP contribution in [0.4, 0.5) is 0 Å². The number of hydrogen-bond acceptors (Lipinski definition) is 3. The molecule has 0 saturated heterocycles. The quantitative estimate of drug-likeness (QED) is 0.557. The highest BCUT2D eigenvalue weighted by atomic mass is 16.2. The Morgan fingerprint density at radius 1 is 1.21 bits per heavy atom. The second-order valence-corrected chi connectivity index (χ2v) is 4.97. The summed E-state index contributed by atoms with van der Waals surface area (Å²) in [5.41, 5.74) is 5.52. The van der Waals surface area contributed by atoms with Crippen LogP contribution in [0.2, 0.25) is 0 Å². The summed E-state index contributed by atoms with van der Waals surface area (Å²) in [6.07, 6.45) is 4.18. The molecule has 0 saturated carbocycles. The summed E-state index contributed by atoms with van der Waals surface area (Å²) in [5.74, 6) is 0.318. The van der Waals surface area contributed by atoms with Crippen LogP contribution in [0, 0.1) is 5.92 Å². The molecule has 5 nitrogen and oxygen atoms in total. The Morgan fingerprint density at radius 3 is 2.42 bits per heavy atom. The van der Waals surface area contributed by atoms with Gasteiger partial charge in [-0.3, -0.25) is 9.59 Å². The van der Waals surface area contributed by atoms with Crippen molar-refractivity contribution in [2.24, 2.45) is 11.7 Å². The van der Waals surface area contributed by atoms with Crippen LogP contribution in [0.1, 0.15) is 52.9 Å². The lowest BCUT2D eigenvalue weighted by molar-refractivity contribution is -0.128. The first-order valence-corrected chi connectivity index (χ1v) is 7.32. The van der Waals surface area contributed by atoms with E-state index in [1.165, 1.54) is 0 Å². The van der Waals surface area contributed by atoms with Gasteiger partial charge in [0, 0.05) is 13.0 Å². The van der Waals surface area contributed by atoms with Crippen LogP contribution in [-0.2, 0) is 9.59 Å². The SMILES string of the molecule is CCCNC(=O)C(C)NC(=O)CCC(CC)CCN. The van der Waals surface area contributed by atoms with Gasteiger partial charge in [0.05, 0.1) is 0 Å². The monoisotopic (exact) mass is 271 g/mol. The molecule has 0 aliphatic heterocycles. The molecule has 4 N–H and O–H groups in total. The van der Waals surface area contributed by atoms with E-state index in [-0.39, 0.29) is 11.8 Å². The van der Waals surface area contributed by atoms with Crippen LogP contribution < -0.4 is 16.4 Å². The third kappa shape index (κ3) is 8.59. The predicted molar refractivity (Wildman–Crippen MR) is 77.6 cm³/mol. The molecule has 0 bridgehead atoms. The zero-order valence-corrected chi connectivity index (χ0v) is 12.5. The summed E-state index contributed by atoms with van der Waals surface area (Å²) in [5, 5.41) is 5.49. The average molecular weight is 271 g/mol. The maximum Gasteiger partial charge on any atom is 0.242 e. The number of carbonyl (C=O) groups excluding carboxylic acids is 2. The summed E-state index contributed by atoms with van der Waals surface area (Å²) in [7, 11) is 0. The van der Waals surface area contributed by atoms with Crippen LogP contribution >= 0.6 is 0 Å². The van der Waals surface area contributed by atoms with Gasteiger partial charge in [-0.15, -0.1) is 0 Å². The predicted octanol–water partition coefficient (Wildman–Crippen LogP) is 1.17. The van der Waals surface area contributed by atoms with Gasteiger partial charge in [0.2, 0.25) is 11.8 Å². The molecule has 0 aliphatic rings. The molecular weight excluding hydrogens is 242 g/mol. The van der Waals surface area contributed by atoms with E-state index in [4.69, 9.17) is 5.73 Å². The summed E-state index contributed by atoms with van der Waals surface area (Å²) in [6, 6.07) is -0.464. The average Bonchev–Trinajstić information content (AvgIpc) is 2.40. The highest BCUT2D eigenvalue weighted by Crippen LogP contribution is 2.14. The zero-order valence-electron chi connectivity index (χ0n) is 12.5. The van der Waals surface area contributed by atoms with Crippen LogP contribution in [0.25, 0.3) is 0 Å². The largest absolute Gasteiger partial charge is 0.354 e. The van der Waals surface area contributed by atoms with E-state index in [9.17, 15) is 9.59 Å². The molecule has 0 aromatic carbocycles. The molecule has 0 aliphatic carbocycles. The molecule has 2 amide bonds. The molecule has 0 radical (unpaired) electrons. The third-order valence-electron chi connectivity index (χ3n) is 3.25. The van der Waals surface area contributed by atoms with E-state index in [1.807, 2.05) is 6.92 Å². The highest BCUT2D eigenvalue weighted by Gasteiger charge is 2.15. The standard InChI is InChI=1S/C14H29N3O2/c1-4-10-16-14(19)11(3)17-13(18)7-6-12(5-2)8-9-15/h11-12H,4-10,15H2,1-3H3,(H,16,19)(H,17,18). The summed E-state index contributed by atoms with van der Waals surface area (Å²) >= 11 is 0. The number of rotatable bonds is 10. The van der Waals surface area contributed by atoms with Gasteiger partial charge in [0.1, 0.15) is 6.04 Å². The fourth-order valence-corrected chi connectivity index (χ4v) is 1.90. The lowest BCUT2D eigenvalue weighted by atomic mass is 9.96. The molecule has 0 aromatic rings. The Labute approximate surface area is 116 Å². The van der Waals surface area contributed by atoms with E-state index in [2.05, 4.69) is 17.6 Å². The molecule has 0 aromatic heterocycles. The Bertz CT molecular complexity index is 269. The highest BCUT2D eigenvalue weighted by molar-refractivity contribution is 5.87. The van der Waals surface area contributed by atoms with E-state index < -0.39 is 6.04 Å². The van der Waals surface area contributed by atoms with Crippen molar-refractivity contribution in [2.45, 2.75) is 58.9 Å². The van der Waals surface area contributed by atoms with Crippen molar-refractivity contribution in [1.82, 2.24) is 10.6 Å². The number of carbonyl (C=O) groups is 2. The van der Waals surface area contributed by atoms with E-state index >= 15 is 0 Å². The van der Waals surface area contributed by atoms with E-state index in [0.29, 0.717) is 25.4 Å². The first kappa shape index (κ1) is 17.9. The topological polar surface area (TPSA) is 84.2 Å². The molecule has 0 spiro atoms. The Kier molecular flexibility index (Phi) is 10.2. The maximum absolute atomic E-state index is 11.7. The lowest BCUT2D eigenvalue weighted by Gasteiger charge is -2.16. The Hall–Kier alpha value is -1.10. The molecule has 5 heteroatoms. The Morgan fingerprint density at radius 2 is 1.89 bits per heavy atom. The Balaban J connectivity index is 3.92. The summed E-state index contributed by atoms with van der Waals surface area (Å²) < 4.78 is 0. The fourth-order valence-electron chi connectivity index (χ4n) is 1.90. The van der Waals surface area contributed by atoms with Crippen LogP contribution in [0.5, 0.6) is 0 Å². The third-order valence-corrected chi connectivity index (χ3v) is 3.25. The second-order valence-electron chi connectivity index (χ2n) is 4.97. The minimum Gasteiger partial charge on any atom is -0.354 e. The zero-order chi connectivity index (χ0) is 14.7. The molecule has 2 unspecified atom stereocenters. The van der Waals surface area contributed by atoms with E-state index in [0.717, 1.165) is 25.7 Å². The fraction of sp³-hybridized carbons (Fsp3) is 0.857. The number of amides is 2. The minimum atomic E-state index is -0.464. The normalized spacial score (nSPS) is 13.7. The van der Waals surface area contributed by atoms with Gasteiger partial charge in [0.15, 0.2) is 0 Å². The molecule has 0 rings (SSSR count). The van der Waals surface area contributed by atoms with Crippen LogP contribution in [0.3, 0.4) is 0 Å². The molecule has 19 heavy (non-hydrogen) atoms. The van der Waals surface area contributed by atoms with Crippen molar-refractivity contribution in [2.75, 3.05) is 13.1 Å². The van der Waals surface area contributed by atoms with Gasteiger partial charge in [-0.25, -0.2) is 0 Å². The van der Waals surface area contributed by atoms with Crippen molar-refractivity contribution < 1.29 is 9.59 Å². The smallest absolute Gasteiger partial charge is 0.242 e. The molecule has 112 valence electrons. The van der Waals surface area contributed by atoms with Gasteiger partial charge in [-0.1, -0.05) is 20.3 Å². The minimum absolute atomic E-state index is 0.0605. The summed E-state index contributed by atoms with van der Waals surface area (Å²) in [4.78, 5) is 23.3. The van der Waals surface area contributed by atoms with Crippen molar-refractivity contribution in [1.29, 1.82) is 0 Å². The van der Waals surface area contributed by atoms with Crippen molar-refractivity contribution in [3.63, 3.8) is 0 Å². The summed E-state index contributed by atoms with van der Waals surface area (Å²) in [6.45, 7) is 7.12. The maximum atomic E-state index is 11.7. The molecular formula is C14H29N3O2. The van der Waals surface area contributed by atoms with Gasteiger partial charge >= 0.3 is 0 Å². The van der Waals surface area contributed by atoms with Crippen molar-refractivity contribution >= 4 is 11.8 Å². The lowest BCUT2D eigenvalue weighted by Crippen LogP contribution is -2.45.